The minimum atomic E-state index is -6.65. The second-order valence-corrected chi connectivity index (χ2v) is 9.62. The van der Waals surface area contributed by atoms with E-state index in [0.29, 0.717) is 23.9 Å². The average Bonchev–Trinajstić information content (AvgIpc) is 3.32. The summed E-state index contributed by atoms with van der Waals surface area (Å²) in [6, 6.07) is 4.13. The summed E-state index contributed by atoms with van der Waals surface area (Å²) in [5, 5.41) is 9.61. The highest BCUT2D eigenvalue weighted by Gasteiger charge is 2.76. The van der Waals surface area contributed by atoms with Crippen LogP contribution in [0.3, 0.4) is 0 Å². The van der Waals surface area contributed by atoms with E-state index in [-0.39, 0.29) is 26.4 Å². The first kappa shape index (κ1) is 31.1. The van der Waals surface area contributed by atoms with Crippen LogP contribution in [0.2, 0.25) is 5.02 Å². The van der Waals surface area contributed by atoms with Crippen molar-refractivity contribution in [3.05, 3.63) is 46.9 Å². The number of benzene rings is 1. The summed E-state index contributed by atoms with van der Waals surface area (Å²) in [6.07, 6.45) is -9.36. The van der Waals surface area contributed by atoms with Crippen LogP contribution in [0.1, 0.15) is 42.2 Å². The summed E-state index contributed by atoms with van der Waals surface area (Å²) >= 11 is 6.21. The molecule has 1 fully saturated rings. The molecular formula is C25H19ClF9N5O2. The van der Waals surface area contributed by atoms with E-state index in [1.54, 1.807) is 0 Å². The highest BCUT2D eigenvalue weighted by atomic mass is 35.5. The number of alkyl halides is 9. The topological polar surface area (TPSA) is 74.0 Å². The van der Waals surface area contributed by atoms with Gasteiger partial charge in [-0.05, 0) is 30.5 Å². The maximum Gasteiger partial charge on any atom is 0.437 e. The zero-order chi connectivity index (χ0) is 31.3. The molecule has 226 valence electrons. The lowest BCUT2D eigenvalue weighted by molar-refractivity contribution is -0.350. The molecule has 1 aliphatic carbocycles. The van der Waals surface area contributed by atoms with Crippen LogP contribution in [0.5, 0.6) is 5.75 Å². The fourth-order valence-corrected chi connectivity index (χ4v) is 4.22. The molecule has 17 heteroatoms. The van der Waals surface area contributed by atoms with Crippen LogP contribution in [-0.4, -0.2) is 50.0 Å². The standard InChI is InChI=1S/C25H19ClF9N5O2/c1-3-4-7-22(8-9-22)37-19(41)15-10-13(5-6-16(15)26)14-11-36-40(12-14)20-17(42-21(27)28)18(38-39(20)2)23(29,24(30,31)32)25(33,34)35/h5-6,10-12,21H,3,8-9H2,1-2H3,(H,37,41). The fraction of sp³-hybridized carbons (Fsp3) is 0.400. The summed E-state index contributed by atoms with van der Waals surface area (Å²) in [4.78, 5) is 12.9. The monoisotopic (exact) mass is 627 g/mol. The minimum absolute atomic E-state index is 0.0219. The zero-order valence-electron chi connectivity index (χ0n) is 21.5. The Hall–Kier alpha value is -3.87. The van der Waals surface area contributed by atoms with Gasteiger partial charge in [0.15, 0.2) is 17.3 Å². The van der Waals surface area contributed by atoms with Crippen LogP contribution in [0.4, 0.5) is 39.5 Å². The van der Waals surface area contributed by atoms with Crippen molar-refractivity contribution in [2.24, 2.45) is 7.05 Å². The second-order valence-electron chi connectivity index (χ2n) is 9.22. The molecular weight excluding hydrogens is 609 g/mol. The van der Waals surface area contributed by atoms with Crippen LogP contribution in [-0.2, 0) is 12.7 Å². The molecule has 0 atom stereocenters. The number of hydrogen-bond donors (Lipinski definition) is 1. The Morgan fingerprint density at radius 3 is 2.33 bits per heavy atom. The van der Waals surface area contributed by atoms with Gasteiger partial charge < -0.3 is 10.1 Å². The predicted molar refractivity (Wildman–Crippen MR) is 130 cm³/mol. The summed E-state index contributed by atoms with van der Waals surface area (Å²) in [5.41, 5.74) is -8.93. The number of aromatic nitrogens is 4. The largest absolute Gasteiger partial charge is 0.437 e. The van der Waals surface area contributed by atoms with Gasteiger partial charge in [0.2, 0.25) is 0 Å². The van der Waals surface area contributed by atoms with Gasteiger partial charge in [0, 0.05) is 25.2 Å². The van der Waals surface area contributed by atoms with E-state index in [9.17, 15) is 44.3 Å². The van der Waals surface area contributed by atoms with Gasteiger partial charge in [-0.3, -0.25) is 4.79 Å². The summed E-state index contributed by atoms with van der Waals surface area (Å²) in [6.45, 7) is -2.11. The Balaban J connectivity index is 1.76. The summed E-state index contributed by atoms with van der Waals surface area (Å²) in [7, 11) is 0.783. The number of nitrogens with one attached hydrogen (secondary N) is 1. The number of ether oxygens (including phenoxy) is 1. The average molecular weight is 628 g/mol. The van der Waals surface area contributed by atoms with Crippen LogP contribution in [0, 0.1) is 11.8 Å². The van der Waals surface area contributed by atoms with Gasteiger partial charge in [0.1, 0.15) is 5.54 Å². The van der Waals surface area contributed by atoms with Crippen LogP contribution >= 0.6 is 11.6 Å². The first-order valence-electron chi connectivity index (χ1n) is 12.0. The molecule has 4 rings (SSSR count). The first-order chi connectivity index (χ1) is 19.4. The lowest BCUT2D eigenvalue weighted by Gasteiger charge is -2.28. The lowest BCUT2D eigenvalue weighted by atomic mass is 9.99. The molecule has 1 aliphatic rings. The number of rotatable bonds is 7. The van der Waals surface area contributed by atoms with Crippen LogP contribution in [0.25, 0.3) is 16.9 Å². The molecule has 3 aromatic rings. The van der Waals surface area contributed by atoms with Crippen molar-refractivity contribution in [3.8, 4) is 34.5 Å². The molecule has 0 bridgehead atoms. The van der Waals surface area contributed by atoms with Crippen LogP contribution < -0.4 is 10.1 Å². The smallest absolute Gasteiger partial charge is 0.429 e. The van der Waals surface area contributed by atoms with Gasteiger partial charge in [0.25, 0.3) is 5.91 Å². The third-order valence-electron chi connectivity index (χ3n) is 6.24. The van der Waals surface area contributed by atoms with Crippen molar-refractivity contribution in [1.29, 1.82) is 0 Å². The maximum atomic E-state index is 14.8. The minimum Gasteiger partial charge on any atom is -0.429 e. The van der Waals surface area contributed by atoms with Crippen molar-refractivity contribution in [2.75, 3.05) is 0 Å². The first-order valence-corrected chi connectivity index (χ1v) is 12.3. The molecule has 2 aromatic heterocycles. The Morgan fingerprint density at radius 2 is 1.79 bits per heavy atom. The van der Waals surface area contributed by atoms with Gasteiger partial charge in [-0.1, -0.05) is 30.5 Å². The van der Waals surface area contributed by atoms with Gasteiger partial charge >= 0.3 is 24.6 Å². The molecule has 0 spiro atoms. The van der Waals surface area contributed by atoms with Crippen molar-refractivity contribution in [3.63, 3.8) is 0 Å². The van der Waals surface area contributed by atoms with Crippen molar-refractivity contribution < 1.29 is 49.0 Å². The van der Waals surface area contributed by atoms with Gasteiger partial charge in [0.05, 0.1) is 16.8 Å². The number of nitrogens with zero attached hydrogens (tertiary/aromatic N) is 4. The number of amides is 1. The van der Waals surface area contributed by atoms with E-state index in [2.05, 4.69) is 32.1 Å². The summed E-state index contributed by atoms with van der Waals surface area (Å²) in [5.74, 6) is 2.53. The molecule has 1 amide bonds. The molecule has 0 unspecified atom stereocenters. The van der Waals surface area contributed by atoms with Crippen LogP contribution in [0.15, 0.2) is 30.6 Å². The Bertz CT molecular complexity index is 1550. The molecule has 1 saturated carbocycles. The number of aryl methyl sites for hydroxylation is 1. The normalized spacial score (nSPS) is 14.9. The maximum absolute atomic E-state index is 14.8. The molecule has 1 aromatic carbocycles. The van der Waals surface area contributed by atoms with E-state index >= 15 is 0 Å². The molecule has 0 radical (unpaired) electrons. The van der Waals surface area contributed by atoms with E-state index in [4.69, 9.17) is 11.6 Å². The van der Waals surface area contributed by atoms with Gasteiger partial charge in [-0.15, -0.1) is 5.92 Å². The lowest BCUT2D eigenvalue weighted by Crippen LogP contribution is -2.51. The Labute approximate surface area is 236 Å². The molecule has 2 heterocycles. The second kappa shape index (κ2) is 10.8. The van der Waals surface area contributed by atoms with E-state index in [0.717, 1.165) is 19.4 Å². The fourth-order valence-electron chi connectivity index (χ4n) is 4.02. The number of halogens is 10. The molecule has 7 nitrogen and oxygen atoms in total. The van der Waals surface area contributed by atoms with E-state index < -0.39 is 53.3 Å². The molecule has 0 saturated heterocycles. The Morgan fingerprint density at radius 1 is 1.14 bits per heavy atom. The molecule has 42 heavy (non-hydrogen) atoms. The predicted octanol–water partition coefficient (Wildman–Crippen LogP) is 6.49. The van der Waals surface area contributed by atoms with Crippen molar-refractivity contribution >= 4 is 17.5 Å². The highest BCUT2D eigenvalue weighted by molar-refractivity contribution is 6.34. The van der Waals surface area contributed by atoms with Gasteiger partial charge in [-0.25, -0.2) is 13.8 Å². The zero-order valence-corrected chi connectivity index (χ0v) is 22.2. The molecule has 1 N–H and O–H groups in total. The number of carbonyl (C=O) groups is 1. The van der Waals surface area contributed by atoms with E-state index in [1.807, 2.05) is 6.92 Å². The highest BCUT2D eigenvalue weighted by Crippen LogP contribution is 2.56. The number of hydrogen-bond acceptors (Lipinski definition) is 4. The molecule has 0 aliphatic heterocycles. The van der Waals surface area contributed by atoms with Gasteiger partial charge in [-0.2, -0.15) is 45.3 Å². The quantitative estimate of drug-likeness (QED) is 0.240. The van der Waals surface area contributed by atoms with Crippen molar-refractivity contribution in [1.82, 2.24) is 24.9 Å². The Kier molecular flexibility index (Phi) is 7.96. The van der Waals surface area contributed by atoms with Crippen molar-refractivity contribution in [2.45, 2.75) is 56.4 Å². The SMILES string of the molecule is CCC#CC1(NC(=O)c2cc(-c3cnn(-c4c(OC(F)F)c(C(F)(C(F)(F)F)C(F)(F)F)nn4C)c3)ccc2Cl)CC1. The van der Waals surface area contributed by atoms with E-state index in [1.165, 1.54) is 18.2 Å². The summed E-state index contributed by atoms with van der Waals surface area (Å²) < 4.78 is 126. The third kappa shape index (κ3) is 5.61. The third-order valence-corrected chi connectivity index (χ3v) is 6.57. The number of carbonyl (C=O) groups excluding carboxylic acids is 1.